The number of pyridine rings is 1. The largest absolute Gasteiger partial charge is 0.506 e. The average molecular weight is 270 g/mol. The number of rotatable bonds is 1. The van der Waals surface area contributed by atoms with Crippen LogP contribution in [0.3, 0.4) is 0 Å². The fourth-order valence-corrected chi connectivity index (χ4v) is 2.36. The van der Waals surface area contributed by atoms with Crippen molar-refractivity contribution in [1.29, 1.82) is 5.26 Å². The number of hydrogen-bond acceptors (Lipinski definition) is 3. The van der Waals surface area contributed by atoms with Crippen LogP contribution in [0.15, 0.2) is 42.7 Å². The van der Waals surface area contributed by atoms with Gasteiger partial charge in [0.15, 0.2) is 5.69 Å². The molecule has 3 aromatic rings. The van der Waals surface area contributed by atoms with Gasteiger partial charge in [-0.05, 0) is 12.1 Å². The highest BCUT2D eigenvalue weighted by Gasteiger charge is 2.16. The molecule has 3 rings (SSSR count). The number of aromatic hydroxyl groups is 1. The summed E-state index contributed by atoms with van der Waals surface area (Å²) < 4.78 is 1.75. The summed E-state index contributed by atoms with van der Waals surface area (Å²) >= 11 is 6.14. The summed E-state index contributed by atoms with van der Waals surface area (Å²) in [6.45, 7) is 0. The quantitative estimate of drug-likeness (QED) is 0.737. The second-order valence-electron chi connectivity index (χ2n) is 4.01. The molecule has 2 aromatic heterocycles. The molecule has 0 saturated heterocycles. The number of halogens is 1. The van der Waals surface area contributed by atoms with Gasteiger partial charge in [0.05, 0.1) is 22.1 Å². The summed E-state index contributed by atoms with van der Waals surface area (Å²) in [5.41, 5.74) is 1.59. The number of benzene rings is 1. The standard InChI is InChI=1S/C14H8ClN3O/c15-10-8-18(9-4-2-1-3-5-9)14-11(6-16)17-7-12(19)13(10)14/h1-5,7-8,19H. The molecular weight excluding hydrogens is 262 g/mol. The van der Waals surface area contributed by atoms with Crippen LogP contribution >= 0.6 is 11.6 Å². The second-order valence-corrected chi connectivity index (χ2v) is 4.42. The van der Waals surface area contributed by atoms with Gasteiger partial charge in [-0.15, -0.1) is 0 Å². The van der Waals surface area contributed by atoms with Crippen LogP contribution in [0.2, 0.25) is 5.02 Å². The van der Waals surface area contributed by atoms with Crippen molar-refractivity contribution in [3.8, 4) is 17.5 Å². The van der Waals surface area contributed by atoms with Crippen molar-refractivity contribution >= 4 is 22.5 Å². The Morgan fingerprint density at radius 1 is 1.26 bits per heavy atom. The van der Waals surface area contributed by atoms with E-state index in [9.17, 15) is 5.11 Å². The van der Waals surface area contributed by atoms with Crippen LogP contribution in [0, 0.1) is 11.3 Å². The molecule has 0 aliphatic carbocycles. The maximum Gasteiger partial charge on any atom is 0.165 e. The first-order valence-electron chi connectivity index (χ1n) is 5.56. The van der Waals surface area contributed by atoms with Crippen LogP contribution in [0.5, 0.6) is 5.75 Å². The minimum absolute atomic E-state index is 0.0336. The third kappa shape index (κ3) is 1.72. The molecule has 5 heteroatoms. The molecule has 0 unspecified atom stereocenters. The zero-order valence-corrected chi connectivity index (χ0v) is 10.5. The molecule has 1 aromatic carbocycles. The molecule has 19 heavy (non-hydrogen) atoms. The van der Waals surface area contributed by atoms with Gasteiger partial charge in [-0.1, -0.05) is 29.8 Å². The van der Waals surface area contributed by atoms with E-state index in [-0.39, 0.29) is 11.4 Å². The summed E-state index contributed by atoms with van der Waals surface area (Å²) in [5, 5.41) is 19.8. The lowest BCUT2D eigenvalue weighted by molar-refractivity contribution is 0.479. The van der Waals surface area contributed by atoms with Crippen molar-refractivity contribution in [2.75, 3.05) is 0 Å². The predicted molar refractivity (Wildman–Crippen MR) is 72.5 cm³/mol. The Morgan fingerprint density at radius 3 is 2.68 bits per heavy atom. The molecule has 2 heterocycles. The highest BCUT2D eigenvalue weighted by atomic mass is 35.5. The zero-order chi connectivity index (χ0) is 13.4. The molecule has 0 spiro atoms. The van der Waals surface area contributed by atoms with Gasteiger partial charge in [0, 0.05) is 11.9 Å². The van der Waals surface area contributed by atoms with Crippen molar-refractivity contribution in [1.82, 2.24) is 9.55 Å². The van der Waals surface area contributed by atoms with E-state index < -0.39 is 0 Å². The van der Waals surface area contributed by atoms with Gasteiger partial charge in [0.2, 0.25) is 0 Å². The molecule has 4 nitrogen and oxygen atoms in total. The molecule has 0 fully saturated rings. The van der Waals surface area contributed by atoms with Crippen LogP contribution in [0.1, 0.15) is 5.69 Å². The number of nitrogens with zero attached hydrogens (tertiary/aromatic N) is 3. The van der Waals surface area contributed by atoms with E-state index >= 15 is 0 Å². The van der Waals surface area contributed by atoms with E-state index in [0.29, 0.717) is 15.9 Å². The fourth-order valence-electron chi connectivity index (χ4n) is 2.08. The molecular formula is C14H8ClN3O. The van der Waals surface area contributed by atoms with Gasteiger partial charge in [0.1, 0.15) is 11.8 Å². The first-order chi connectivity index (χ1) is 9.22. The average Bonchev–Trinajstić information content (AvgIpc) is 2.79. The molecule has 0 aliphatic rings. The van der Waals surface area contributed by atoms with Gasteiger partial charge in [0.25, 0.3) is 0 Å². The van der Waals surface area contributed by atoms with Gasteiger partial charge in [-0.25, -0.2) is 4.98 Å². The first kappa shape index (κ1) is 11.6. The van der Waals surface area contributed by atoms with Crippen LogP contribution < -0.4 is 0 Å². The minimum atomic E-state index is -0.0336. The van der Waals surface area contributed by atoms with Crippen LogP contribution in [0.4, 0.5) is 0 Å². The van der Waals surface area contributed by atoms with Gasteiger partial charge >= 0.3 is 0 Å². The van der Waals surface area contributed by atoms with Crippen LogP contribution in [0.25, 0.3) is 16.6 Å². The summed E-state index contributed by atoms with van der Waals surface area (Å²) in [5.74, 6) is -0.0336. The van der Waals surface area contributed by atoms with Crippen molar-refractivity contribution in [3.05, 3.63) is 53.4 Å². The molecule has 0 radical (unpaired) electrons. The number of para-hydroxylation sites is 1. The van der Waals surface area contributed by atoms with E-state index in [1.165, 1.54) is 6.20 Å². The third-order valence-corrected chi connectivity index (χ3v) is 3.18. The lowest BCUT2D eigenvalue weighted by atomic mass is 10.2. The minimum Gasteiger partial charge on any atom is -0.506 e. The molecule has 1 N–H and O–H groups in total. The molecule has 0 amide bonds. The number of hydrogen-bond donors (Lipinski definition) is 1. The molecule has 92 valence electrons. The van der Waals surface area contributed by atoms with Crippen LogP contribution in [-0.4, -0.2) is 14.7 Å². The maximum atomic E-state index is 9.86. The summed E-state index contributed by atoms with van der Waals surface area (Å²) in [6.07, 6.45) is 2.91. The van der Waals surface area contributed by atoms with E-state index in [2.05, 4.69) is 4.98 Å². The molecule has 0 aliphatic heterocycles. The van der Waals surface area contributed by atoms with Crippen molar-refractivity contribution in [3.63, 3.8) is 0 Å². The molecule has 0 atom stereocenters. The Hall–Kier alpha value is -2.51. The first-order valence-corrected chi connectivity index (χ1v) is 5.94. The number of nitriles is 1. The Morgan fingerprint density at radius 2 is 2.00 bits per heavy atom. The Balaban J connectivity index is 2.45. The molecule has 0 bridgehead atoms. The SMILES string of the molecule is N#Cc1ncc(O)c2c(Cl)cn(-c3ccccc3)c12. The van der Waals surface area contributed by atoms with E-state index in [0.717, 1.165) is 5.69 Å². The highest BCUT2D eigenvalue weighted by molar-refractivity contribution is 6.36. The van der Waals surface area contributed by atoms with Gasteiger partial charge in [-0.2, -0.15) is 5.26 Å². The molecule has 0 saturated carbocycles. The Kier molecular flexibility index (Phi) is 2.62. The maximum absolute atomic E-state index is 9.86. The lowest BCUT2D eigenvalue weighted by Crippen LogP contribution is -1.95. The smallest absolute Gasteiger partial charge is 0.165 e. The Bertz CT molecular complexity index is 803. The van der Waals surface area contributed by atoms with Gasteiger partial charge in [-0.3, -0.25) is 0 Å². The monoisotopic (exact) mass is 269 g/mol. The third-order valence-electron chi connectivity index (χ3n) is 2.90. The van der Waals surface area contributed by atoms with Crippen molar-refractivity contribution in [2.24, 2.45) is 0 Å². The summed E-state index contributed by atoms with van der Waals surface area (Å²) in [4.78, 5) is 3.93. The van der Waals surface area contributed by atoms with Gasteiger partial charge < -0.3 is 9.67 Å². The predicted octanol–water partition coefficient (Wildman–Crippen LogP) is 3.26. The zero-order valence-electron chi connectivity index (χ0n) is 9.71. The van der Waals surface area contributed by atoms with E-state index in [1.807, 2.05) is 36.4 Å². The van der Waals surface area contributed by atoms with E-state index in [4.69, 9.17) is 16.9 Å². The fraction of sp³-hybridized carbons (Fsp3) is 0. The number of aromatic nitrogens is 2. The topological polar surface area (TPSA) is 61.8 Å². The van der Waals surface area contributed by atoms with Crippen molar-refractivity contribution in [2.45, 2.75) is 0 Å². The van der Waals surface area contributed by atoms with Crippen LogP contribution in [-0.2, 0) is 0 Å². The number of fused-ring (bicyclic) bond motifs is 1. The lowest BCUT2D eigenvalue weighted by Gasteiger charge is -2.05. The second kappa shape index (κ2) is 4.30. The highest BCUT2D eigenvalue weighted by Crippen LogP contribution is 2.35. The summed E-state index contributed by atoms with van der Waals surface area (Å²) in [6, 6.07) is 11.5. The van der Waals surface area contributed by atoms with Crippen molar-refractivity contribution < 1.29 is 5.11 Å². The Labute approximate surface area is 114 Å². The van der Waals surface area contributed by atoms with E-state index in [1.54, 1.807) is 10.8 Å². The normalized spacial score (nSPS) is 10.5. The summed E-state index contributed by atoms with van der Waals surface area (Å²) in [7, 11) is 0.